The number of ether oxygens (including phenoxy) is 2. The number of alkyl halides is 1. The van der Waals surface area contributed by atoms with Crippen LogP contribution in [0.1, 0.15) is 60.2 Å². The summed E-state index contributed by atoms with van der Waals surface area (Å²) in [6.45, 7) is 2.65. The fourth-order valence-electron chi connectivity index (χ4n) is 2.32. The van der Waals surface area contributed by atoms with Crippen LogP contribution in [-0.4, -0.2) is 40.2 Å². The Balaban J connectivity index is 0.000000189. The van der Waals surface area contributed by atoms with E-state index in [4.69, 9.17) is 19.4 Å². The van der Waals surface area contributed by atoms with Crippen molar-refractivity contribution in [1.29, 1.82) is 0 Å². The molecule has 2 aromatic rings. The van der Waals surface area contributed by atoms with Gasteiger partial charge >= 0.3 is 0 Å². The largest absolute Gasteiger partial charge is 0.490 e. The van der Waals surface area contributed by atoms with Crippen LogP contribution in [0.15, 0.2) is 48.5 Å². The van der Waals surface area contributed by atoms with Gasteiger partial charge in [-0.3, -0.25) is 14.4 Å². The maximum Gasteiger partial charge on any atom is 0.300 e. The van der Waals surface area contributed by atoms with E-state index in [0.29, 0.717) is 17.5 Å². The zero-order valence-corrected chi connectivity index (χ0v) is 19.3. The molecule has 0 unspecified atom stereocenters. The average Bonchev–Trinajstić information content (AvgIpc) is 3.66. The number of benzene rings is 2. The molecule has 0 amide bonds. The van der Waals surface area contributed by atoms with Gasteiger partial charge in [0.2, 0.25) is 0 Å². The molecule has 4 rings (SSSR count). The standard InChI is InChI=1S/C11H11BrO2.C11H12O2.C2H4O2/c12-7-11(13)8-1-3-9(4-2-8)14-10-5-6-10;1-8(12)9-2-4-10(5-3-9)13-11-6-7-11;1-2(3)4/h1-4,10H,5-7H2;2-5,11H,6-7H2,1H3;1H3,(H,3,4). The highest BCUT2D eigenvalue weighted by Gasteiger charge is 2.23. The van der Waals surface area contributed by atoms with Crippen LogP contribution >= 0.6 is 15.9 Å². The second-order valence-electron chi connectivity index (χ2n) is 7.32. The summed E-state index contributed by atoms with van der Waals surface area (Å²) in [6.07, 6.45) is 5.46. The van der Waals surface area contributed by atoms with Gasteiger partial charge in [-0.25, -0.2) is 0 Å². The maximum atomic E-state index is 11.3. The van der Waals surface area contributed by atoms with Gasteiger partial charge in [-0.2, -0.15) is 0 Å². The molecule has 166 valence electrons. The summed E-state index contributed by atoms with van der Waals surface area (Å²) in [5, 5.41) is 7.79. The lowest BCUT2D eigenvalue weighted by molar-refractivity contribution is -0.134. The summed E-state index contributed by atoms with van der Waals surface area (Å²) in [6, 6.07) is 14.6. The molecule has 0 bridgehead atoms. The molecule has 2 fully saturated rings. The molecule has 2 aliphatic rings. The lowest BCUT2D eigenvalue weighted by atomic mass is 10.1. The van der Waals surface area contributed by atoms with Crippen molar-refractivity contribution >= 4 is 33.5 Å². The fourth-order valence-corrected chi connectivity index (χ4v) is 2.65. The number of aliphatic carboxylic acids is 1. The summed E-state index contributed by atoms with van der Waals surface area (Å²) in [5.74, 6) is 1.09. The lowest BCUT2D eigenvalue weighted by Crippen LogP contribution is -2.00. The molecule has 0 aromatic heterocycles. The summed E-state index contributed by atoms with van der Waals surface area (Å²) < 4.78 is 11.1. The molecule has 0 spiro atoms. The van der Waals surface area contributed by atoms with Gasteiger partial charge in [-0.05, 0) is 81.1 Å². The zero-order valence-electron chi connectivity index (χ0n) is 17.7. The SMILES string of the molecule is CC(=O)O.CC(=O)c1ccc(OC2CC2)cc1.O=C(CBr)c1ccc(OC2CC2)cc1. The number of carboxylic acid groups (broad SMARTS) is 1. The van der Waals surface area contributed by atoms with Gasteiger partial charge in [-0.15, -0.1) is 0 Å². The molecule has 2 aliphatic carbocycles. The second kappa shape index (κ2) is 12.2. The second-order valence-corrected chi connectivity index (χ2v) is 7.88. The smallest absolute Gasteiger partial charge is 0.300 e. The van der Waals surface area contributed by atoms with Gasteiger partial charge in [0, 0.05) is 18.1 Å². The molecule has 0 radical (unpaired) electrons. The lowest BCUT2D eigenvalue weighted by Gasteiger charge is -2.04. The monoisotopic (exact) mass is 490 g/mol. The zero-order chi connectivity index (χ0) is 22.8. The van der Waals surface area contributed by atoms with Crippen LogP contribution in [0.25, 0.3) is 0 Å². The van der Waals surface area contributed by atoms with Crippen LogP contribution in [0.5, 0.6) is 11.5 Å². The van der Waals surface area contributed by atoms with E-state index >= 15 is 0 Å². The molecule has 0 atom stereocenters. The summed E-state index contributed by atoms with van der Waals surface area (Å²) in [7, 11) is 0. The Kier molecular flexibility index (Phi) is 9.72. The number of ketones is 2. The van der Waals surface area contributed by atoms with Crippen LogP contribution in [0, 0.1) is 0 Å². The van der Waals surface area contributed by atoms with Gasteiger partial charge < -0.3 is 14.6 Å². The maximum absolute atomic E-state index is 11.3. The van der Waals surface area contributed by atoms with Crippen LogP contribution in [0.2, 0.25) is 0 Å². The number of carboxylic acids is 1. The predicted molar refractivity (Wildman–Crippen MR) is 122 cm³/mol. The Hall–Kier alpha value is -2.67. The third-order valence-electron chi connectivity index (χ3n) is 4.21. The van der Waals surface area contributed by atoms with Crippen LogP contribution in [-0.2, 0) is 4.79 Å². The van der Waals surface area contributed by atoms with E-state index in [9.17, 15) is 9.59 Å². The molecular formula is C24H27BrO6. The first-order chi connectivity index (χ1) is 14.8. The molecule has 2 saturated carbocycles. The number of hydrogen-bond acceptors (Lipinski definition) is 5. The summed E-state index contributed by atoms with van der Waals surface area (Å²) >= 11 is 3.14. The topological polar surface area (TPSA) is 89.9 Å². The van der Waals surface area contributed by atoms with Gasteiger partial charge in [0.25, 0.3) is 5.97 Å². The molecular weight excluding hydrogens is 464 g/mol. The normalized spacial score (nSPS) is 14.2. The van der Waals surface area contributed by atoms with E-state index in [0.717, 1.165) is 55.2 Å². The van der Waals surface area contributed by atoms with E-state index in [1.807, 2.05) is 24.3 Å². The van der Waals surface area contributed by atoms with E-state index in [2.05, 4.69) is 15.9 Å². The van der Waals surface area contributed by atoms with Crippen molar-refractivity contribution in [3.8, 4) is 11.5 Å². The van der Waals surface area contributed by atoms with Gasteiger partial charge in [-0.1, -0.05) is 15.9 Å². The summed E-state index contributed by atoms with van der Waals surface area (Å²) in [4.78, 5) is 31.2. The Morgan fingerprint density at radius 2 is 1.16 bits per heavy atom. The third kappa shape index (κ3) is 10.3. The Labute approximate surface area is 190 Å². The van der Waals surface area contributed by atoms with Crippen molar-refractivity contribution in [3.05, 3.63) is 59.7 Å². The van der Waals surface area contributed by atoms with Crippen molar-refractivity contribution in [1.82, 2.24) is 0 Å². The first-order valence-corrected chi connectivity index (χ1v) is 11.2. The minimum Gasteiger partial charge on any atom is -0.490 e. The van der Waals surface area contributed by atoms with Crippen molar-refractivity contribution in [2.24, 2.45) is 0 Å². The third-order valence-corrected chi connectivity index (χ3v) is 4.72. The van der Waals surface area contributed by atoms with Crippen molar-refractivity contribution < 1.29 is 29.0 Å². The number of carbonyl (C=O) groups excluding carboxylic acids is 2. The Bertz CT molecular complexity index is 864. The number of Topliss-reactive ketones (excluding diaryl/α,β-unsaturated/α-hetero) is 2. The number of carbonyl (C=O) groups is 3. The van der Waals surface area contributed by atoms with Gasteiger partial charge in [0.15, 0.2) is 11.6 Å². The van der Waals surface area contributed by atoms with Crippen LogP contribution in [0.3, 0.4) is 0 Å². The van der Waals surface area contributed by atoms with Gasteiger partial charge in [0.05, 0.1) is 17.5 Å². The minimum absolute atomic E-state index is 0.0953. The first kappa shape index (κ1) is 24.6. The number of halogens is 1. The number of rotatable bonds is 7. The molecule has 0 aliphatic heterocycles. The van der Waals surface area contributed by atoms with E-state index in [1.54, 1.807) is 31.2 Å². The Morgan fingerprint density at radius 1 is 0.806 bits per heavy atom. The van der Waals surface area contributed by atoms with Crippen molar-refractivity contribution in [2.75, 3.05) is 5.33 Å². The minimum atomic E-state index is -0.833. The predicted octanol–water partition coefficient (Wildman–Crippen LogP) is 5.33. The Morgan fingerprint density at radius 3 is 1.45 bits per heavy atom. The molecule has 7 heteroatoms. The summed E-state index contributed by atoms with van der Waals surface area (Å²) in [5.41, 5.74) is 1.47. The first-order valence-electron chi connectivity index (χ1n) is 10.1. The molecule has 2 aromatic carbocycles. The van der Waals surface area contributed by atoms with Gasteiger partial charge in [0.1, 0.15) is 11.5 Å². The molecule has 0 saturated heterocycles. The van der Waals surface area contributed by atoms with Crippen molar-refractivity contribution in [3.63, 3.8) is 0 Å². The van der Waals surface area contributed by atoms with Crippen LogP contribution < -0.4 is 9.47 Å². The van der Waals surface area contributed by atoms with E-state index in [1.165, 1.54) is 0 Å². The highest BCUT2D eigenvalue weighted by atomic mass is 79.9. The average molecular weight is 491 g/mol. The van der Waals surface area contributed by atoms with E-state index in [-0.39, 0.29) is 11.6 Å². The van der Waals surface area contributed by atoms with Crippen molar-refractivity contribution in [2.45, 2.75) is 51.7 Å². The highest BCUT2D eigenvalue weighted by molar-refractivity contribution is 9.09. The fraction of sp³-hybridized carbons (Fsp3) is 0.375. The molecule has 0 heterocycles. The highest BCUT2D eigenvalue weighted by Crippen LogP contribution is 2.27. The quantitative estimate of drug-likeness (QED) is 0.416. The number of hydrogen-bond donors (Lipinski definition) is 1. The molecule has 6 nitrogen and oxygen atoms in total. The molecule has 1 N–H and O–H groups in total. The van der Waals surface area contributed by atoms with E-state index < -0.39 is 5.97 Å². The van der Waals surface area contributed by atoms with Crippen LogP contribution in [0.4, 0.5) is 0 Å². The molecule has 31 heavy (non-hydrogen) atoms.